The van der Waals surface area contributed by atoms with Crippen LogP contribution in [0, 0.1) is 0 Å². The lowest BCUT2D eigenvalue weighted by molar-refractivity contribution is 0.0762. The molecule has 1 amide bonds. The van der Waals surface area contributed by atoms with Crippen LogP contribution in [-0.2, 0) is 6.42 Å². The van der Waals surface area contributed by atoms with E-state index >= 15 is 0 Å². The topological polar surface area (TPSA) is 71.0 Å². The van der Waals surface area contributed by atoms with Crippen LogP contribution in [0.5, 0.6) is 0 Å². The van der Waals surface area contributed by atoms with Gasteiger partial charge in [0.15, 0.2) is 0 Å². The molecular formula is C25H26N4O2. The van der Waals surface area contributed by atoms with Gasteiger partial charge in [0.2, 0.25) is 0 Å². The van der Waals surface area contributed by atoms with E-state index in [2.05, 4.69) is 17.0 Å². The van der Waals surface area contributed by atoms with Crippen LogP contribution >= 0.6 is 0 Å². The van der Waals surface area contributed by atoms with E-state index in [0.29, 0.717) is 16.5 Å². The molecule has 6 heteroatoms. The number of aryl methyl sites for hydroxylation is 1. The predicted molar refractivity (Wildman–Crippen MR) is 123 cm³/mol. The number of amides is 1. The summed E-state index contributed by atoms with van der Waals surface area (Å²) < 4.78 is 1.55. The van der Waals surface area contributed by atoms with E-state index in [0.717, 1.165) is 48.9 Å². The average molecular weight is 415 g/mol. The summed E-state index contributed by atoms with van der Waals surface area (Å²) in [5.74, 6) is 0.0535. The van der Waals surface area contributed by atoms with E-state index in [-0.39, 0.29) is 11.5 Å². The highest BCUT2D eigenvalue weighted by Gasteiger charge is 2.19. The summed E-state index contributed by atoms with van der Waals surface area (Å²) >= 11 is 0. The highest BCUT2D eigenvalue weighted by molar-refractivity contribution is 6.06. The molecule has 1 N–H and O–H groups in total. The largest absolute Gasteiger partial charge is 0.339 e. The minimum Gasteiger partial charge on any atom is -0.339 e. The van der Waals surface area contributed by atoms with E-state index in [4.69, 9.17) is 0 Å². The van der Waals surface area contributed by atoms with Gasteiger partial charge in [-0.2, -0.15) is 0 Å². The number of carbonyl (C=O) groups is 1. The monoisotopic (exact) mass is 414 g/mol. The highest BCUT2D eigenvalue weighted by Crippen LogP contribution is 2.24. The van der Waals surface area contributed by atoms with Crippen LogP contribution in [0.2, 0.25) is 0 Å². The van der Waals surface area contributed by atoms with Crippen LogP contribution in [-0.4, -0.2) is 38.7 Å². The zero-order valence-electron chi connectivity index (χ0n) is 17.7. The minimum absolute atomic E-state index is 0.0535. The first kappa shape index (κ1) is 19.5. The molecule has 2 aromatic heterocycles. The number of H-pyrrole nitrogens is 1. The molecule has 1 saturated heterocycles. The van der Waals surface area contributed by atoms with E-state index in [1.807, 2.05) is 47.4 Å². The Bertz CT molecular complexity index is 1310. The van der Waals surface area contributed by atoms with E-state index in [9.17, 15) is 9.59 Å². The molecule has 0 radical (unpaired) electrons. The molecule has 2 aromatic carbocycles. The number of hydrogen-bond donors (Lipinski definition) is 1. The molecule has 0 spiro atoms. The van der Waals surface area contributed by atoms with Gasteiger partial charge in [-0.15, -0.1) is 0 Å². The van der Waals surface area contributed by atoms with Gasteiger partial charge < -0.3 is 4.90 Å². The van der Waals surface area contributed by atoms with Crippen LogP contribution in [0.3, 0.4) is 0 Å². The van der Waals surface area contributed by atoms with Gasteiger partial charge in [0.05, 0.1) is 22.1 Å². The number of rotatable bonds is 3. The van der Waals surface area contributed by atoms with Gasteiger partial charge in [-0.05, 0) is 55.2 Å². The summed E-state index contributed by atoms with van der Waals surface area (Å²) in [5.41, 5.74) is 3.97. The highest BCUT2D eigenvalue weighted by atomic mass is 16.2. The lowest BCUT2D eigenvalue weighted by Gasteiger charge is -2.20. The van der Waals surface area contributed by atoms with Crippen LogP contribution in [0.15, 0.2) is 53.5 Å². The molecule has 0 atom stereocenters. The lowest BCUT2D eigenvalue weighted by Crippen LogP contribution is -2.31. The quantitative estimate of drug-likeness (QED) is 0.539. The lowest BCUT2D eigenvalue weighted by atomic mass is 10.1. The third kappa shape index (κ3) is 3.52. The van der Waals surface area contributed by atoms with Crippen molar-refractivity contribution >= 4 is 27.7 Å². The minimum atomic E-state index is -0.141. The Labute approximate surface area is 180 Å². The van der Waals surface area contributed by atoms with Gasteiger partial charge in [-0.3, -0.25) is 19.7 Å². The predicted octanol–water partition coefficient (Wildman–Crippen LogP) is 4.45. The van der Waals surface area contributed by atoms with Gasteiger partial charge in [-0.1, -0.05) is 31.9 Å². The number of aromatic nitrogens is 3. The Kier molecular flexibility index (Phi) is 5.06. The summed E-state index contributed by atoms with van der Waals surface area (Å²) in [7, 11) is 0. The number of benzene rings is 2. The second-order valence-corrected chi connectivity index (χ2v) is 8.26. The third-order valence-electron chi connectivity index (χ3n) is 6.27. The van der Waals surface area contributed by atoms with Crippen molar-refractivity contribution in [2.75, 3.05) is 13.1 Å². The maximum atomic E-state index is 13.1. The maximum Gasteiger partial charge on any atom is 0.280 e. The van der Waals surface area contributed by atoms with Crippen molar-refractivity contribution in [3.05, 3.63) is 70.1 Å². The molecular weight excluding hydrogens is 388 g/mol. The van der Waals surface area contributed by atoms with Crippen LogP contribution in [0.1, 0.15) is 48.5 Å². The number of nitrogens with zero attached hydrogens (tertiary/aromatic N) is 3. The Hall–Kier alpha value is -3.41. The van der Waals surface area contributed by atoms with Gasteiger partial charge in [0.25, 0.3) is 11.5 Å². The summed E-state index contributed by atoms with van der Waals surface area (Å²) in [6.45, 7) is 3.72. The number of carbonyl (C=O) groups excluding carboxylic acids is 1. The number of likely N-dealkylation sites (tertiary alicyclic amines) is 1. The SMILES string of the molecule is CCc1ccc(-n2[nH]c3c(cnc4ccc(C(=O)N5CCCCCC5)cc43)c2=O)cc1. The summed E-state index contributed by atoms with van der Waals surface area (Å²) in [6, 6.07) is 13.5. The number of aromatic amines is 1. The van der Waals surface area contributed by atoms with Gasteiger partial charge in [0.1, 0.15) is 0 Å². The van der Waals surface area contributed by atoms with Crippen molar-refractivity contribution in [3.8, 4) is 5.69 Å². The molecule has 0 unspecified atom stereocenters. The summed E-state index contributed by atoms with van der Waals surface area (Å²) in [6.07, 6.45) is 7.03. The molecule has 1 fully saturated rings. The Morgan fingerprint density at radius 2 is 1.74 bits per heavy atom. The number of pyridine rings is 1. The molecule has 31 heavy (non-hydrogen) atoms. The second kappa shape index (κ2) is 8.02. The molecule has 0 saturated carbocycles. The molecule has 0 aliphatic carbocycles. The normalized spacial score (nSPS) is 14.8. The van der Waals surface area contributed by atoms with Crippen molar-refractivity contribution in [2.45, 2.75) is 39.0 Å². The van der Waals surface area contributed by atoms with Crippen molar-refractivity contribution in [1.29, 1.82) is 0 Å². The van der Waals surface area contributed by atoms with Crippen molar-refractivity contribution in [3.63, 3.8) is 0 Å². The van der Waals surface area contributed by atoms with Gasteiger partial charge in [0, 0.05) is 30.2 Å². The molecule has 6 nitrogen and oxygen atoms in total. The van der Waals surface area contributed by atoms with E-state index in [1.165, 1.54) is 18.4 Å². The molecule has 5 rings (SSSR count). The van der Waals surface area contributed by atoms with Crippen molar-refractivity contribution in [1.82, 2.24) is 19.7 Å². The van der Waals surface area contributed by atoms with Gasteiger partial charge in [-0.25, -0.2) is 4.68 Å². The molecule has 3 heterocycles. The molecule has 1 aliphatic rings. The zero-order valence-corrected chi connectivity index (χ0v) is 17.7. The zero-order chi connectivity index (χ0) is 21.4. The Morgan fingerprint density at radius 1 is 1.00 bits per heavy atom. The second-order valence-electron chi connectivity index (χ2n) is 8.26. The average Bonchev–Trinajstić information content (AvgIpc) is 2.97. The van der Waals surface area contributed by atoms with Crippen molar-refractivity contribution in [2.24, 2.45) is 0 Å². The third-order valence-corrected chi connectivity index (χ3v) is 6.27. The van der Waals surface area contributed by atoms with Crippen LogP contribution in [0.4, 0.5) is 0 Å². The number of fused-ring (bicyclic) bond motifs is 3. The molecule has 1 aliphatic heterocycles. The fourth-order valence-electron chi connectivity index (χ4n) is 4.41. The Balaban J connectivity index is 1.60. The van der Waals surface area contributed by atoms with Crippen LogP contribution < -0.4 is 5.56 Å². The Morgan fingerprint density at radius 3 is 2.45 bits per heavy atom. The summed E-state index contributed by atoms with van der Waals surface area (Å²) in [4.78, 5) is 32.6. The number of nitrogens with one attached hydrogen (secondary N) is 1. The van der Waals surface area contributed by atoms with E-state index < -0.39 is 0 Å². The standard InChI is InChI=1S/C25H26N4O2/c1-2-17-7-10-19(11-8-17)29-25(31)21-16-26-22-12-9-18(15-20(22)23(21)27-29)24(30)28-13-5-3-4-6-14-28/h7-12,15-16,27H,2-6,13-14H2,1H3. The smallest absolute Gasteiger partial charge is 0.280 e. The number of hydrogen-bond acceptors (Lipinski definition) is 3. The van der Waals surface area contributed by atoms with Crippen LogP contribution in [0.25, 0.3) is 27.5 Å². The van der Waals surface area contributed by atoms with Crippen molar-refractivity contribution < 1.29 is 4.79 Å². The fourth-order valence-corrected chi connectivity index (χ4v) is 4.41. The van der Waals surface area contributed by atoms with Gasteiger partial charge >= 0.3 is 0 Å². The molecule has 0 bridgehead atoms. The summed E-state index contributed by atoms with van der Waals surface area (Å²) in [5, 5.41) is 4.57. The fraction of sp³-hybridized carbons (Fsp3) is 0.320. The first-order valence-electron chi connectivity index (χ1n) is 11.1. The molecule has 158 valence electrons. The first-order valence-corrected chi connectivity index (χ1v) is 11.1. The van der Waals surface area contributed by atoms with E-state index in [1.54, 1.807) is 10.9 Å². The maximum absolute atomic E-state index is 13.1. The first-order chi connectivity index (χ1) is 15.2. The molecule has 4 aromatic rings.